The molecule has 98 valence electrons. The van der Waals surface area contributed by atoms with Crippen LogP contribution in [-0.4, -0.2) is 25.7 Å². The summed E-state index contributed by atoms with van der Waals surface area (Å²) in [4.78, 5) is 11.5. The molecule has 0 saturated heterocycles. The fourth-order valence-electron chi connectivity index (χ4n) is 1.69. The SMILES string of the molecule is CCc1ccc(OCC(=O)NC2CC2)c(OC)c1. The van der Waals surface area contributed by atoms with Gasteiger partial charge in [-0.15, -0.1) is 0 Å². The van der Waals surface area contributed by atoms with Gasteiger partial charge in [0, 0.05) is 6.04 Å². The van der Waals surface area contributed by atoms with E-state index in [0.717, 1.165) is 19.3 Å². The number of ether oxygens (including phenoxy) is 2. The summed E-state index contributed by atoms with van der Waals surface area (Å²) in [5.41, 5.74) is 1.18. The summed E-state index contributed by atoms with van der Waals surface area (Å²) in [7, 11) is 1.60. The van der Waals surface area contributed by atoms with Crippen LogP contribution in [0.15, 0.2) is 18.2 Å². The van der Waals surface area contributed by atoms with Crippen molar-refractivity contribution in [2.24, 2.45) is 0 Å². The molecule has 0 aliphatic heterocycles. The fraction of sp³-hybridized carbons (Fsp3) is 0.500. The molecule has 4 heteroatoms. The maximum absolute atomic E-state index is 11.5. The number of carbonyl (C=O) groups is 1. The Balaban J connectivity index is 1.92. The standard InChI is InChI=1S/C14H19NO3/c1-3-10-4-7-12(13(8-10)17-2)18-9-14(16)15-11-5-6-11/h4,7-8,11H,3,5-6,9H2,1-2H3,(H,15,16). The van der Waals surface area contributed by atoms with E-state index in [1.807, 2.05) is 18.2 Å². The van der Waals surface area contributed by atoms with Gasteiger partial charge in [0.25, 0.3) is 5.91 Å². The second-order valence-electron chi connectivity index (χ2n) is 4.47. The highest BCUT2D eigenvalue weighted by atomic mass is 16.5. The van der Waals surface area contributed by atoms with Crippen LogP contribution >= 0.6 is 0 Å². The highest BCUT2D eigenvalue weighted by Crippen LogP contribution is 2.28. The second kappa shape index (κ2) is 5.76. The van der Waals surface area contributed by atoms with Gasteiger partial charge in [-0.3, -0.25) is 4.79 Å². The summed E-state index contributed by atoms with van der Waals surface area (Å²) in [5.74, 6) is 1.22. The van der Waals surface area contributed by atoms with E-state index in [4.69, 9.17) is 9.47 Å². The molecule has 0 spiro atoms. The van der Waals surface area contributed by atoms with E-state index in [2.05, 4.69) is 12.2 Å². The Morgan fingerprint density at radius 2 is 2.17 bits per heavy atom. The minimum Gasteiger partial charge on any atom is -0.493 e. The number of aryl methyl sites for hydroxylation is 1. The van der Waals surface area contributed by atoms with Crippen molar-refractivity contribution < 1.29 is 14.3 Å². The number of rotatable bonds is 6. The Kier molecular flexibility index (Phi) is 4.07. The zero-order valence-corrected chi connectivity index (χ0v) is 10.9. The van der Waals surface area contributed by atoms with Gasteiger partial charge in [-0.05, 0) is 37.0 Å². The fourth-order valence-corrected chi connectivity index (χ4v) is 1.69. The number of hydrogen-bond acceptors (Lipinski definition) is 3. The van der Waals surface area contributed by atoms with Crippen LogP contribution in [0.1, 0.15) is 25.3 Å². The van der Waals surface area contributed by atoms with Crippen molar-refractivity contribution in [3.05, 3.63) is 23.8 Å². The molecule has 4 nitrogen and oxygen atoms in total. The smallest absolute Gasteiger partial charge is 0.258 e. The van der Waals surface area contributed by atoms with Gasteiger partial charge in [0.1, 0.15) is 0 Å². The van der Waals surface area contributed by atoms with Gasteiger partial charge >= 0.3 is 0 Å². The predicted octanol–water partition coefficient (Wildman–Crippen LogP) is 1.91. The summed E-state index contributed by atoms with van der Waals surface area (Å²) in [6.07, 6.45) is 3.11. The second-order valence-corrected chi connectivity index (χ2v) is 4.47. The number of benzene rings is 1. The van der Waals surface area contributed by atoms with Crippen molar-refractivity contribution in [2.75, 3.05) is 13.7 Å². The number of methoxy groups -OCH3 is 1. The number of carbonyl (C=O) groups excluding carboxylic acids is 1. The molecule has 2 rings (SSSR count). The molecule has 0 aromatic heterocycles. The lowest BCUT2D eigenvalue weighted by Crippen LogP contribution is -2.30. The largest absolute Gasteiger partial charge is 0.493 e. The van der Waals surface area contributed by atoms with Crippen molar-refractivity contribution in [1.82, 2.24) is 5.32 Å². The first-order valence-corrected chi connectivity index (χ1v) is 6.32. The molecular formula is C14H19NO3. The van der Waals surface area contributed by atoms with Gasteiger partial charge in [0.05, 0.1) is 7.11 Å². The van der Waals surface area contributed by atoms with Crippen LogP contribution in [0.3, 0.4) is 0 Å². The minimum atomic E-state index is -0.0703. The molecule has 0 radical (unpaired) electrons. The Labute approximate surface area is 107 Å². The number of nitrogens with one attached hydrogen (secondary N) is 1. The Bertz CT molecular complexity index is 427. The summed E-state index contributed by atoms with van der Waals surface area (Å²) in [6.45, 7) is 2.12. The third-order valence-corrected chi connectivity index (χ3v) is 2.94. The molecule has 0 unspecified atom stereocenters. The Morgan fingerprint density at radius 1 is 1.39 bits per heavy atom. The zero-order chi connectivity index (χ0) is 13.0. The van der Waals surface area contributed by atoms with E-state index in [9.17, 15) is 4.79 Å². The van der Waals surface area contributed by atoms with Gasteiger partial charge in [0.2, 0.25) is 0 Å². The van der Waals surface area contributed by atoms with Gasteiger partial charge in [-0.2, -0.15) is 0 Å². The van der Waals surface area contributed by atoms with Crippen LogP contribution in [0.25, 0.3) is 0 Å². The third-order valence-electron chi connectivity index (χ3n) is 2.94. The van der Waals surface area contributed by atoms with Crippen LogP contribution < -0.4 is 14.8 Å². The van der Waals surface area contributed by atoms with E-state index in [1.54, 1.807) is 7.11 Å². The van der Waals surface area contributed by atoms with Gasteiger partial charge < -0.3 is 14.8 Å². The molecule has 1 aromatic carbocycles. The molecule has 1 fully saturated rings. The lowest BCUT2D eigenvalue weighted by atomic mass is 10.1. The van der Waals surface area contributed by atoms with Crippen molar-refractivity contribution in [3.63, 3.8) is 0 Å². The van der Waals surface area contributed by atoms with Crippen LogP contribution in [0, 0.1) is 0 Å². The van der Waals surface area contributed by atoms with Crippen molar-refractivity contribution in [2.45, 2.75) is 32.2 Å². The van der Waals surface area contributed by atoms with Crippen LogP contribution in [0.5, 0.6) is 11.5 Å². The summed E-state index contributed by atoms with van der Waals surface area (Å²) < 4.78 is 10.7. The third kappa shape index (κ3) is 3.39. The molecular weight excluding hydrogens is 230 g/mol. The summed E-state index contributed by atoms with van der Waals surface area (Å²) >= 11 is 0. The average molecular weight is 249 g/mol. The molecule has 1 amide bonds. The zero-order valence-electron chi connectivity index (χ0n) is 10.9. The first kappa shape index (κ1) is 12.7. The van der Waals surface area contributed by atoms with Crippen LogP contribution in [-0.2, 0) is 11.2 Å². The van der Waals surface area contributed by atoms with E-state index in [0.29, 0.717) is 17.5 Å². The quantitative estimate of drug-likeness (QED) is 0.837. The molecule has 1 aliphatic rings. The lowest BCUT2D eigenvalue weighted by Gasteiger charge is -2.11. The normalized spacial score (nSPS) is 14.1. The molecule has 18 heavy (non-hydrogen) atoms. The molecule has 1 saturated carbocycles. The van der Waals surface area contributed by atoms with Crippen molar-refractivity contribution >= 4 is 5.91 Å². The number of hydrogen-bond donors (Lipinski definition) is 1. The van der Waals surface area contributed by atoms with E-state index >= 15 is 0 Å². The maximum Gasteiger partial charge on any atom is 0.258 e. The lowest BCUT2D eigenvalue weighted by molar-refractivity contribution is -0.123. The monoisotopic (exact) mass is 249 g/mol. The van der Waals surface area contributed by atoms with Crippen molar-refractivity contribution in [3.8, 4) is 11.5 Å². The van der Waals surface area contributed by atoms with Gasteiger partial charge in [-0.1, -0.05) is 13.0 Å². The molecule has 1 N–H and O–H groups in total. The van der Waals surface area contributed by atoms with E-state index < -0.39 is 0 Å². The summed E-state index contributed by atoms with van der Waals surface area (Å²) in [6, 6.07) is 6.14. The molecule has 0 bridgehead atoms. The summed E-state index contributed by atoms with van der Waals surface area (Å²) in [5, 5.41) is 2.88. The van der Waals surface area contributed by atoms with Crippen LogP contribution in [0.2, 0.25) is 0 Å². The number of amides is 1. The van der Waals surface area contributed by atoms with E-state index in [1.165, 1.54) is 5.56 Å². The molecule has 0 atom stereocenters. The highest BCUT2D eigenvalue weighted by molar-refractivity contribution is 5.78. The van der Waals surface area contributed by atoms with Gasteiger partial charge in [0.15, 0.2) is 18.1 Å². The average Bonchev–Trinajstić information content (AvgIpc) is 3.20. The molecule has 1 aliphatic carbocycles. The first-order valence-electron chi connectivity index (χ1n) is 6.32. The molecule has 0 heterocycles. The van der Waals surface area contributed by atoms with E-state index in [-0.39, 0.29) is 12.5 Å². The molecule has 1 aromatic rings. The highest BCUT2D eigenvalue weighted by Gasteiger charge is 2.23. The Morgan fingerprint density at radius 3 is 2.78 bits per heavy atom. The Hall–Kier alpha value is -1.71. The van der Waals surface area contributed by atoms with Gasteiger partial charge in [-0.25, -0.2) is 0 Å². The maximum atomic E-state index is 11.5. The van der Waals surface area contributed by atoms with Crippen LogP contribution in [0.4, 0.5) is 0 Å². The van der Waals surface area contributed by atoms with Crippen molar-refractivity contribution in [1.29, 1.82) is 0 Å². The minimum absolute atomic E-state index is 0.0400. The first-order chi connectivity index (χ1) is 8.72. The topological polar surface area (TPSA) is 47.6 Å². The predicted molar refractivity (Wildman–Crippen MR) is 69.0 cm³/mol.